The van der Waals surface area contributed by atoms with Crippen molar-refractivity contribution in [3.63, 3.8) is 0 Å². The van der Waals surface area contributed by atoms with Crippen LogP contribution in [0.1, 0.15) is 73.1 Å². The molecular formula is C18H35N. The molecule has 2 aliphatic rings. The van der Waals surface area contributed by atoms with Crippen LogP contribution in [0, 0.1) is 35.0 Å². The molecule has 0 spiro atoms. The molecule has 2 rings (SSSR count). The second-order valence-electron chi connectivity index (χ2n) is 8.23. The lowest BCUT2D eigenvalue weighted by atomic mass is 9.72. The Morgan fingerprint density at radius 3 is 2.21 bits per heavy atom. The molecule has 112 valence electrons. The highest BCUT2D eigenvalue weighted by Crippen LogP contribution is 2.65. The quantitative estimate of drug-likeness (QED) is 0.699. The van der Waals surface area contributed by atoms with Crippen molar-refractivity contribution in [3.8, 4) is 0 Å². The largest absolute Gasteiger partial charge is 0.328 e. The normalized spacial score (nSPS) is 34.4. The standard InChI is InChI=1S/C18H35N/c1-6-16-17(18(16,4)5)13(3)15(10-12(2)19)11-14-8-7-9-14/h12-17H,6-11,19H2,1-5H3. The molecule has 0 bridgehead atoms. The Hall–Kier alpha value is -0.0400. The second kappa shape index (κ2) is 5.76. The van der Waals surface area contributed by atoms with E-state index in [4.69, 9.17) is 5.73 Å². The van der Waals surface area contributed by atoms with Crippen molar-refractivity contribution in [2.24, 2.45) is 40.7 Å². The molecule has 2 aliphatic carbocycles. The van der Waals surface area contributed by atoms with Gasteiger partial charge in [-0.3, -0.25) is 0 Å². The maximum Gasteiger partial charge on any atom is 0.00132 e. The summed E-state index contributed by atoms with van der Waals surface area (Å²) in [7, 11) is 0. The Balaban J connectivity index is 1.96. The second-order valence-corrected chi connectivity index (χ2v) is 8.23. The summed E-state index contributed by atoms with van der Waals surface area (Å²) in [5.74, 6) is 4.66. The van der Waals surface area contributed by atoms with Crippen LogP contribution in [0.5, 0.6) is 0 Å². The number of hydrogen-bond donors (Lipinski definition) is 1. The molecule has 1 nitrogen and oxygen atoms in total. The molecule has 0 aromatic rings. The zero-order valence-corrected chi connectivity index (χ0v) is 13.8. The van der Waals surface area contributed by atoms with Crippen molar-refractivity contribution in [1.29, 1.82) is 0 Å². The van der Waals surface area contributed by atoms with E-state index in [9.17, 15) is 0 Å². The first-order valence-corrected chi connectivity index (χ1v) is 8.63. The monoisotopic (exact) mass is 265 g/mol. The first-order valence-electron chi connectivity index (χ1n) is 8.63. The van der Waals surface area contributed by atoms with Gasteiger partial charge in [0.15, 0.2) is 0 Å². The Labute approximate surface area is 120 Å². The first kappa shape index (κ1) is 15.4. The van der Waals surface area contributed by atoms with Crippen molar-refractivity contribution < 1.29 is 0 Å². The Kier molecular flexibility index (Phi) is 4.65. The summed E-state index contributed by atoms with van der Waals surface area (Å²) >= 11 is 0. The van der Waals surface area contributed by atoms with Gasteiger partial charge in [0.25, 0.3) is 0 Å². The van der Waals surface area contributed by atoms with Gasteiger partial charge in [-0.05, 0) is 54.8 Å². The lowest BCUT2D eigenvalue weighted by Crippen LogP contribution is -2.28. The molecule has 0 amide bonds. The Morgan fingerprint density at radius 2 is 1.84 bits per heavy atom. The molecule has 5 atom stereocenters. The maximum atomic E-state index is 6.12. The van der Waals surface area contributed by atoms with Gasteiger partial charge in [0, 0.05) is 6.04 Å². The zero-order chi connectivity index (χ0) is 14.2. The number of nitrogens with two attached hydrogens (primary N) is 1. The lowest BCUT2D eigenvalue weighted by Gasteiger charge is -2.34. The molecule has 0 aliphatic heterocycles. The van der Waals surface area contributed by atoms with E-state index in [-0.39, 0.29) is 0 Å². The first-order chi connectivity index (χ1) is 8.87. The van der Waals surface area contributed by atoms with Gasteiger partial charge in [0.1, 0.15) is 0 Å². The summed E-state index contributed by atoms with van der Waals surface area (Å²) in [6, 6.07) is 0.370. The molecule has 0 aromatic heterocycles. The van der Waals surface area contributed by atoms with Crippen molar-refractivity contribution in [1.82, 2.24) is 0 Å². The van der Waals surface area contributed by atoms with Crippen molar-refractivity contribution >= 4 is 0 Å². The van der Waals surface area contributed by atoms with Gasteiger partial charge in [0.2, 0.25) is 0 Å². The van der Waals surface area contributed by atoms with Crippen LogP contribution in [0.25, 0.3) is 0 Å². The minimum Gasteiger partial charge on any atom is -0.328 e. The SMILES string of the molecule is CCC1C(C(C)C(CC(C)N)CC2CCC2)C1(C)C. The van der Waals surface area contributed by atoms with E-state index in [0.717, 1.165) is 29.6 Å². The minimum absolute atomic E-state index is 0.370. The molecule has 0 heterocycles. The van der Waals surface area contributed by atoms with E-state index in [1.807, 2.05) is 0 Å². The van der Waals surface area contributed by atoms with E-state index in [1.54, 1.807) is 0 Å². The summed E-state index contributed by atoms with van der Waals surface area (Å²) in [4.78, 5) is 0. The molecule has 2 saturated carbocycles. The fourth-order valence-electron chi connectivity index (χ4n) is 5.06. The van der Waals surface area contributed by atoms with Crippen LogP contribution >= 0.6 is 0 Å². The van der Waals surface area contributed by atoms with E-state index in [1.165, 1.54) is 38.5 Å². The van der Waals surface area contributed by atoms with Crippen LogP contribution in [0.15, 0.2) is 0 Å². The van der Waals surface area contributed by atoms with Gasteiger partial charge in [0.05, 0.1) is 0 Å². The maximum absolute atomic E-state index is 6.12. The fourth-order valence-corrected chi connectivity index (χ4v) is 5.06. The molecule has 2 fully saturated rings. The van der Waals surface area contributed by atoms with Gasteiger partial charge in [-0.1, -0.05) is 53.4 Å². The topological polar surface area (TPSA) is 26.0 Å². The van der Waals surface area contributed by atoms with Gasteiger partial charge >= 0.3 is 0 Å². The van der Waals surface area contributed by atoms with E-state index < -0.39 is 0 Å². The third-order valence-electron chi connectivity index (χ3n) is 6.42. The van der Waals surface area contributed by atoms with Crippen LogP contribution in [-0.2, 0) is 0 Å². The highest BCUT2D eigenvalue weighted by Gasteiger charge is 2.59. The van der Waals surface area contributed by atoms with Crippen LogP contribution in [0.2, 0.25) is 0 Å². The van der Waals surface area contributed by atoms with Gasteiger partial charge in [-0.15, -0.1) is 0 Å². The van der Waals surface area contributed by atoms with Gasteiger partial charge in [-0.25, -0.2) is 0 Å². The van der Waals surface area contributed by atoms with Gasteiger partial charge in [-0.2, -0.15) is 0 Å². The van der Waals surface area contributed by atoms with Gasteiger partial charge < -0.3 is 5.73 Å². The number of hydrogen-bond acceptors (Lipinski definition) is 1. The highest BCUT2D eigenvalue weighted by atomic mass is 14.7. The van der Waals surface area contributed by atoms with E-state index >= 15 is 0 Å². The smallest absolute Gasteiger partial charge is 0.00132 e. The fraction of sp³-hybridized carbons (Fsp3) is 1.00. The molecule has 0 saturated heterocycles. The summed E-state index contributed by atoms with van der Waals surface area (Å²) in [6.07, 6.45) is 8.47. The predicted molar refractivity (Wildman–Crippen MR) is 83.9 cm³/mol. The van der Waals surface area contributed by atoms with Crippen LogP contribution in [-0.4, -0.2) is 6.04 Å². The lowest BCUT2D eigenvalue weighted by molar-refractivity contribution is 0.172. The van der Waals surface area contributed by atoms with Crippen LogP contribution in [0.4, 0.5) is 0 Å². The van der Waals surface area contributed by atoms with E-state index in [2.05, 4.69) is 34.6 Å². The minimum atomic E-state index is 0.370. The Morgan fingerprint density at radius 1 is 1.21 bits per heavy atom. The predicted octanol–water partition coefficient (Wildman–Crippen LogP) is 4.85. The summed E-state index contributed by atoms with van der Waals surface area (Å²) in [6.45, 7) is 12.0. The molecule has 5 unspecified atom stereocenters. The molecule has 0 radical (unpaired) electrons. The third-order valence-corrected chi connectivity index (χ3v) is 6.42. The van der Waals surface area contributed by atoms with Crippen LogP contribution < -0.4 is 5.73 Å². The molecule has 19 heavy (non-hydrogen) atoms. The Bertz CT molecular complexity index is 290. The average Bonchev–Trinajstić information content (AvgIpc) is 2.82. The van der Waals surface area contributed by atoms with E-state index in [0.29, 0.717) is 11.5 Å². The van der Waals surface area contributed by atoms with Crippen molar-refractivity contribution in [3.05, 3.63) is 0 Å². The van der Waals surface area contributed by atoms with Crippen LogP contribution in [0.3, 0.4) is 0 Å². The summed E-state index contributed by atoms with van der Waals surface area (Å²) < 4.78 is 0. The average molecular weight is 265 g/mol. The molecule has 2 N–H and O–H groups in total. The number of rotatable bonds is 7. The third kappa shape index (κ3) is 3.17. The molecular weight excluding hydrogens is 230 g/mol. The summed E-state index contributed by atoms with van der Waals surface area (Å²) in [5.41, 5.74) is 6.71. The van der Waals surface area contributed by atoms with Crippen molar-refractivity contribution in [2.45, 2.75) is 79.2 Å². The molecule has 1 heteroatoms. The molecule has 0 aromatic carbocycles. The zero-order valence-electron chi connectivity index (χ0n) is 13.8. The summed E-state index contributed by atoms with van der Waals surface area (Å²) in [5, 5.41) is 0. The van der Waals surface area contributed by atoms with Crippen molar-refractivity contribution in [2.75, 3.05) is 0 Å². The highest BCUT2D eigenvalue weighted by molar-refractivity contribution is 5.07.